The monoisotopic (exact) mass is 948 g/mol. The van der Waals surface area contributed by atoms with Gasteiger partial charge in [-0.15, -0.1) is 0 Å². The van der Waals surface area contributed by atoms with E-state index in [4.69, 9.17) is 23.4 Å². The number of ketones is 1. The van der Waals surface area contributed by atoms with Crippen molar-refractivity contribution < 1.29 is 57.2 Å². The van der Waals surface area contributed by atoms with Crippen LogP contribution in [0, 0.1) is 16.7 Å². The summed E-state index contributed by atoms with van der Waals surface area (Å²) in [5.41, 5.74) is -2.77. The van der Waals surface area contributed by atoms with E-state index < -0.39 is 109 Å². The molecular formula is C53H64N2O12Si. The number of benzene rings is 3. The highest BCUT2D eigenvalue weighted by Crippen LogP contribution is 2.67. The predicted octanol–water partition coefficient (Wildman–Crippen LogP) is 7.14. The Morgan fingerprint density at radius 3 is 1.94 bits per heavy atom. The fraction of sp³-hybridized carbons (Fsp3) is 0.472. The van der Waals surface area contributed by atoms with Gasteiger partial charge in [0, 0.05) is 25.8 Å². The standard InChI is InChI=1S/C53H64N2O12Si/c1-10-68(11-2,12-3)67-39-28-40-53(30-63-40,66-34(8)57)45-47(65-50(62)37-26-20-15-21-27-37)52(31(4)5)29-38(32(6)41(52)44(64-33(7)56)46(59)51(39,45)9)54-49(61)43(58)42(35-22-16-13-17-23-35)55-48(60)36-24-18-14-19-25-36/h13-27,38-40,42-45,47,58H,4,10-12,28-30H2,1-3,5-9H3,(H,54,61)(H,55,60)/t38-,39-,40+,42-,43+,44+,45-,47-,51+,52-,53-/m0/s1. The Labute approximate surface area is 399 Å². The van der Waals surface area contributed by atoms with Crippen LogP contribution in [0.5, 0.6) is 0 Å². The lowest BCUT2D eigenvalue weighted by molar-refractivity contribution is -0.331. The van der Waals surface area contributed by atoms with Crippen LogP contribution >= 0.6 is 0 Å². The van der Waals surface area contributed by atoms with Crippen molar-refractivity contribution in [3.8, 4) is 0 Å². The Hall–Kier alpha value is -5.74. The summed E-state index contributed by atoms with van der Waals surface area (Å²) in [6.07, 6.45) is -6.44. The normalized spacial score (nSPS) is 29.3. The van der Waals surface area contributed by atoms with Gasteiger partial charge in [-0.05, 0) is 86.3 Å². The largest absolute Gasteiger partial charge is 0.457 e. The lowest BCUT2D eigenvalue weighted by Crippen LogP contribution is -2.78. The molecule has 3 aromatic carbocycles. The molecule has 2 amide bonds. The number of rotatable bonds is 16. The summed E-state index contributed by atoms with van der Waals surface area (Å²) < 4.78 is 33.2. The number of hydrogen-bond donors (Lipinski definition) is 3. The molecule has 1 saturated heterocycles. The van der Waals surface area contributed by atoms with Crippen LogP contribution in [-0.2, 0) is 42.6 Å². The molecule has 0 spiro atoms. The van der Waals surface area contributed by atoms with E-state index in [2.05, 4.69) is 38.0 Å². The highest BCUT2D eigenvalue weighted by atomic mass is 28.4. The fourth-order valence-corrected chi connectivity index (χ4v) is 14.6. The van der Waals surface area contributed by atoms with Crippen LogP contribution in [0.4, 0.5) is 0 Å². The molecule has 14 nitrogen and oxygen atoms in total. The van der Waals surface area contributed by atoms with E-state index >= 15 is 4.79 Å². The quantitative estimate of drug-likeness (QED) is 0.0570. The average molecular weight is 949 g/mol. The number of amides is 2. The van der Waals surface area contributed by atoms with Crippen LogP contribution in [0.1, 0.15) is 101 Å². The van der Waals surface area contributed by atoms with Gasteiger partial charge in [0.2, 0.25) is 0 Å². The Morgan fingerprint density at radius 1 is 0.853 bits per heavy atom. The van der Waals surface area contributed by atoms with Crippen molar-refractivity contribution in [3.63, 3.8) is 0 Å². The summed E-state index contributed by atoms with van der Waals surface area (Å²) >= 11 is 0. The molecule has 4 aliphatic rings. The molecule has 2 saturated carbocycles. The Kier molecular flexibility index (Phi) is 14.5. The molecule has 1 aliphatic heterocycles. The summed E-state index contributed by atoms with van der Waals surface area (Å²) in [6.45, 7) is 18.3. The molecule has 11 atom stereocenters. The van der Waals surface area contributed by atoms with Gasteiger partial charge >= 0.3 is 17.9 Å². The molecule has 3 fully saturated rings. The van der Waals surface area contributed by atoms with Crippen molar-refractivity contribution in [2.45, 2.75) is 135 Å². The number of esters is 3. The minimum absolute atomic E-state index is 0.0938. The average Bonchev–Trinajstić information content (AvgIpc) is 3.59. The van der Waals surface area contributed by atoms with Crippen LogP contribution in [0.15, 0.2) is 114 Å². The highest BCUT2D eigenvalue weighted by Gasteiger charge is 2.78. The first-order valence-electron chi connectivity index (χ1n) is 23.6. The molecule has 0 aromatic heterocycles. The number of ether oxygens (including phenoxy) is 4. The minimum atomic E-state index is -2.56. The number of aliphatic hydroxyl groups is 1. The van der Waals surface area contributed by atoms with Gasteiger partial charge in [0.1, 0.15) is 12.2 Å². The molecule has 1 heterocycles. The van der Waals surface area contributed by atoms with E-state index in [0.29, 0.717) is 22.3 Å². The number of fused-ring (bicyclic) bond motifs is 4. The van der Waals surface area contributed by atoms with Crippen molar-refractivity contribution >= 4 is 43.8 Å². The number of carbonyl (C=O) groups excluding carboxylic acids is 6. The van der Waals surface area contributed by atoms with Gasteiger partial charge in [-0.1, -0.05) is 99.7 Å². The molecule has 68 heavy (non-hydrogen) atoms. The Bertz CT molecular complexity index is 2450. The molecule has 3 aliphatic carbocycles. The number of Topliss-reactive ketones (excluding diaryl/α,β-unsaturated/α-hetero) is 1. The maximum absolute atomic E-state index is 16.3. The first-order chi connectivity index (χ1) is 32.3. The maximum atomic E-state index is 16.3. The summed E-state index contributed by atoms with van der Waals surface area (Å²) in [5.74, 6) is -5.28. The first kappa shape index (κ1) is 50.1. The summed E-state index contributed by atoms with van der Waals surface area (Å²) in [6, 6.07) is 25.4. The molecule has 3 aromatic rings. The Morgan fingerprint density at radius 2 is 1.43 bits per heavy atom. The van der Waals surface area contributed by atoms with E-state index in [9.17, 15) is 29.1 Å². The van der Waals surface area contributed by atoms with E-state index in [0.717, 1.165) is 18.1 Å². The second kappa shape index (κ2) is 19.7. The number of aliphatic hydroxyl groups excluding tert-OH is 1. The lowest BCUT2D eigenvalue weighted by atomic mass is 9.50. The molecular weight excluding hydrogens is 885 g/mol. The van der Waals surface area contributed by atoms with Gasteiger partial charge in [0.25, 0.3) is 11.8 Å². The third-order valence-corrected chi connectivity index (χ3v) is 20.1. The zero-order valence-corrected chi connectivity index (χ0v) is 41.2. The molecule has 3 N–H and O–H groups in total. The van der Waals surface area contributed by atoms with Gasteiger partial charge in [-0.25, -0.2) is 4.79 Å². The first-order valence-corrected chi connectivity index (χ1v) is 26.1. The van der Waals surface area contributed by atoms with Crippen molar-refractivity contribution in [2.75, 3.05) is 6.61 Å². The van der Waals surface area contributed by atoms with Crippen molar-refractivity contribution in [1.82, 2.24) is 10.6 Å². The summed E-state index contributed by atoms with van der Waals surface area (Å²) in [4.78, 5) is 86.1. The number of hydrogen-bond acceptors (Lipinski definition) is 12. The van der Waals surface area contributed by atoms with Crippen molar-refractivity contribution in [3.05, 3.63) is 131 Å². The third kappa shape index (κ3) is 8.67. The van der Waals surface area contributed by atoms with Crippen LogP contribution in [-0.4, -0.2) is 97.7 Å². The van der Waals surface area contributed by atoms with Gasteiger partial charge in [-0.3, -0.25) is 24.0 Å². The SMILES string of the molecule is C=C(C)[C@@]12C[C@H](NC(=O)[C@H](O)[C@@H](NC(=O)c3ccccc3)c3ccccc3)C(C)=C1[C@@H](OC(C)=O)C(=O)[C@]1(C)[C@@H](O[Si](CC)(CC)CC)C[C@H]3OC[C@@]3(OC(C)=O)[C@H]1[C@@H]2OC(=O)c1ccccc1. The van der Waals surface area contributed by atoms with Gasteiger partial charge in [0.05, 0.1) is 47.1 Å². The number of carbonyl (C=O) groups is 6. The second-order valence-corrected chi connectivity index (χ2v) is 23.7. The zero-order valence-electron chi connectivity index (χ0n) is 40.2. The topological polar surface area (TPSA) is 193 Å². The summed E-state index contributed by atoms with van der Waals surface area (Å²) in [7, 11) is -2.56. The van der Waals surface area contributed by atoms with Crippen LogP contribution < -0.4 is 10.6 Å². The molecule has 7 rings (SSSR count). The molecule has 362 valence electrons. The Balaban J connectivity index is 1.42. The predicted molar refractivity (Wildman–Crippen MR) is 254 cm³/mol. The smallest absolute Gasteiger partial charge is 0.338 e. The summed E-state index contributed by atoms with van der Waals surface area (Å²) in [5, 5.41) is 17.8. The molecule has 0 unspecified atom stereocenters. The van der Waals surface area contributed by atoms with E-state index in [1.165, 1.54) is 13.8 Å². The van der Waals surface area contributed by atoms with Crippen LogP contribution in [0.3, 0.4) is 0 Å². The molecule has 0 bridgehead atoms. The second-order valence-electron chi connectivity index (χ2n) is 19.0. The lowest BCUT2D eigenvalue weighted by Gasteiger charge is -2.64. The highest BCUT2D eigenvalue weighted by molar-refractivity contribution is 6.73. The van der Waals surface area contributed by atoms with E-state index in [1.54, 1.807) is 112 Å². The van der Waals surface area contributed by atoms with Gasteiger partial charge < -0.3 is 39.1 Å². The fourth-order valence-electron chi connectivity index (χ4n) is 11.6. The van der Waals surface area contributed by atoms with Crippen LogP contribution in [0.2, 0.25) is 18.1 Å². The van der Waals surface area contributed by atoms with Crippen LogP contribution in [0.25, 0.3) is 0 Å². The van der Waals surface area contributed by atoms with Gasteiger partial charge in [-0.2, -0.15) is 0 Å². The van der Waals surface area contributed by atoms with Crippen molar-refractivity contribution in [2.24, 2.45) is 16.7 Å². The van der Waals surface area contributed by atoms with Gasteiger partial charge in [0.15, 0.2) is 31.9 Å². The zero-order chi connectivity index (χ0) is 49.3. The number of nitrogens with one attached hydrogen (secondary N) is 2. The molecule has 15 heteroatoms. The van der Waals surface area contributed by atoms with Crippen molar-refractivity contribution in [1.29, 1.82) is 0 Å². The molecule has 0 radical (unpaired) electrons. The third-order valence-electron chi connectivity index (χ3n) is 15.4. The minimum Gasteiger partial charge on any atom is -0.457 e. The van der Waals surface area contributed by atoms with E-state index in [1.807, 2.05) is 0 Å². The van der Waals surface area contributed by atoms with E-state index in [-0.39, 0.29) is 30.6 Å². The maximum Gasteiger partial charge on any atom is 0.338 e.